The predicted molar refractivity (Wildman–Crippen MR) is 88.8 cm³/mol. The van der Waals surface area contributed by atoms with Gasteiger partial charge in [-0.25, -0.2) is 0 Å². The first-order chi connectivity index (χ1) is 10.9. The number of nitrogens with zero attached hydrogens (tertiary/aromatic N) is 1. The van der Waals surface area contributed by atoms with Crippen LogP contribution in [0.15, 0.2) is 29.5 Å². The summed E-state index contributed by atoms with van der Waals surface area (Å²) in [7, 11) is 0. The molecule has 5 nitrogen and oxygen atoms in total. The Labute approximate surface area is 142 Å². The molecular weight excluding hydrogens is 338 g/mol. The monoisotopic (exact) mass is 351 g/mol. The van der Waals surface area contributed by atoms with Crippen LogP contribution < -0.4 is 4.90 Å². The molecule has 1 aromatic carbocycles. The van der Waals surface area contributed by atoms with Gasteiger partial charge in [0.25, 0.3) is 11.7 Å². The fourth-order valence-electron chi connectivity index (χ4n) is 2.68. The summed E-state index contributed by atoms with van der Waals surface area (Å²) in [5.41, 5.74) is 1.47. The van der Waals surface area contributed by atoms with Crippen molar-refractivity contribution in [1.29, 1.82) is 0 Å². The normalized spacial score (nSPS) is 20.6. The van der Waals surface area contributed by atoms with Crippen LogP contribution >= 0.6 is 23.4 Å². The number of carbonyl (C=O) groups is 3. The minimum Gasteiger partial charge on any atom is -0.494 e. The fourth-order valence-corrected chi connectivity index (χ4v) is 3.80. The third-order valence-electron chi connectivity index (χ3n) is 3.83. The lowest BCUT2D eigenvalue weighted by molar-refractivity contribution is -0.114. The first-order valence-electron chi connectivity index (χ1n) is 7.10. The summed E-state index contributed by atoms with van der Waals surface area (Å²) >= 11 is 7.10. The second-order valence-electron chi connectivity index (χ2n) is 5.33. The second-order valence-corrected chi connectivity index (χ2v) is 7.08. The van der Waals surface area contributed by atoms with Crippen LogP contribution in [0.1, 0.15) is 24.2 Å². The molecule has 120 valence electrons. The van der Waals surface area contributed by atoms with Crippen LogP contribution in [0.4, 0.5) is 5.69 Å². The molecule has 0 radical (unpaired) electrons. The van der Waals surface area contributed by atoms with Crippen molar-refractivity contribution in [1.82, 2.24) is 0 Å². The lowest BCUT2D eigenvalue weighted by Gasteiger charge is -2.18. The van der Waals surface area contributed by atoms with Gasteiger partial charge in [0.2, 0.25) is 5.12 Å². The van der Waals surface area contributed by atoms with Gasteiger partial charge in [-0.1, -0.05) is 23.4 Å². The van der Waals surface area contributed by atoms with E-state index in [2.05, 4.69) is 0 Å². The molecule has 2 aliphatic heterocycles. The average Bonchev–Trinajstić information content (AvgIpc) is 2.89. The highest BCUT2D eigenvalue weighted by molar-refractivity contribution is 8.15. The third kappa shape index (κ3) is 2.77. The number of ether oxygens (including phenoxy) is 1. The molecule has 0 spiro atoms. The van der Waals surface area contributed by atoms with Crippen molar-refractivity contribution in [3.8, 4) is 0 Å². The highest BCUT2D eigenvalue weighted by Crippen LogP contribution is 2.34. The Morgan fingerprint density at radius 2 is 2.04 bits per heavy atom. The lowest BCUT2D eigenvalue weighted by Crippen LogP contribution is -2.33. The molecule has 2 aliphatic rings. The fraction of sp³-hybridized carbons (Fsp3) is 0.312. The summed E-state index contributed by atoms with van der Waals surface area (Å²) in [6, 6.07) is 4.79. The van der Waals surface area contributed by atoms with Crippen LogP contribution in [-0.4, -0.2) is 35.2 Å². The molecule has 1 atom stereocenters. The predicted octanol–water partition coefficient (Wildman–Crippen LogP) is 2.82. The van der Waals surface area contributed by atoms with Crippen molar-refractivity contribution in [2.75, 3.05) is 18.1 Å². The van der Waals surface area contributed by atoms with E-state index in [9.17, 15) is 14.4 Å². The maximum atomic E-state index is 12.1. The number of Topliss-reactive ketones (excluding diaryl/α,β-unsaturated/α-hetero) is 1. The molecule has 3 rings (SSSR count). The summed E-state index contributed by atoms with van der Waals surface area (Å²) < 4.78 is 5.69. The van der Waals surface area contributed by atoms with Crippen molar-refractivity contribution in [2.45, 2.75) is 19.1 Å². The standard InChI is InChI=1S/C16H14ClNO4S/c1-8-14(9(2)23-16(8)21)22-6-5-18-12-4-3-10(17)7-11(12)13(19)15(18)20/h3-4,7,9H,5-6H2,1-2H3. The quantitative estimate of drug-likeness (QED) is 0.780. The van der Waals surface area contributed by atoms with E-state index in [1.165, 1.54) is 22.7 Å². The van der Waals surface area contributed by atoms with Crippen LogP contribution in [0, 0.1) is 0 Å². The number of ketones is 1. The number of hydrogen-bond acceptors (Lipinski definition) is 5. The van der Waals surface area contributed by atoms with E-state index in [4.69, 9.17) is 16.3 Å². The van der Waals surface area contributed by atoms with Gasteiger partial charge < -0.3 is 9.64 Å². The van der Waals surface area contributed by atoms with Gasteiger partial charge in [-0.05, 0) is 32.0 Å². The highest BCUT2D eigenvalue weighted by atomic mass is 35.5. The Balaban J connectivity index is 1.72. The first-order valence-corrected chi connectivity index (χ1v) is 8.36. The summed E-state index contributed by atoms with van der Waals surface area (Å²) in [5, 5.41) is 0.406. The molecule has 1 aromatic rings. The highest BCUT2D eigenvalue weighted by Gasteiger charge is 2.36. The van der Waals surface area contributed by atoms with E-state index < -0.39 is 11.7 Å². The summed E-state index contributed by atoms with van der Waals surface area (Å²) in [4.78, 5) is 37.1. The lowest BCUT2D eigenvalue weighted by atomic mass is 10.1. The van der Waals surface area contributed by atoms with Gasteiger partial charge in [0.1, 0.15) is 12.4 Å². The molecule has 2 heterocycles. The Kier molecular flexibility index (Phi) is 4.21. The maximum Gasteiger partial charge on any atom is 0.299 e. The molecule has 1 amide bonds. The second kappa shape index (κ2) is 6.02. The van der Waals surface area contributed by atoms with Crippen LogP contribution in [0.25, 0.3) is 0 Å². The van der Waals surface area contributed by atoms with Gasteiger partial charge in [0.15, 0.2) is 0 Å². The SMILES string of the molecule is CC1=C(OCCN2C(=O)C(=O)c3cc(Cl)ccc32)C(C)SC1=O. The topological polar surface area (TPSA) is 63.7 Å². The summed E-state index contributed by atoms with van der Waals surface area (Å²) in [6.45, 7) is 4.08. The molecule has 0 N–H and O–H groups in total. The van der Waals surface area contributed by atoms with Gasteiger partial charge in [0.05, 0.1) is 23.0 Å². The minimum absolute atomic E-state index is 0.0138. The first kappa shape index (κ1) is 16.1. The Hall–Kier alpha value is -1.79. The number of thioether (sulfide) groups is 1. The molecular formula is C16H14ClNO4S. The summed E-state index contributed by atoms with van der Waals surface area (Å²) in [5.74, 6) is -0.492. The van der Waals surface area contributed by atoms with E-state index in [1.807, 2.05) is 6.92 Å². The molecule has 23 heavy (non-hydrogen) atoms. The van der Waals surface area contributed by atoms with E-state index >= 15 is 0 Å². The van der Waals surface area contributed by atoms with Gasteiger partial charge in [-0.3, -0.25) is 14.4 Å². The molecule has 0 saturated carbocycles. The number of rotatable bonds is 4. The molecule has 0 fully saturated rings. The molecule has 0 aliphatic carbocycles. The number of amides is 1. The minimum atomic E-state index is -0.582. The average molecular weight is 352 g/mol. The third-order valence-corrected chi connectivity index (χ3v) is 5.16. The van der Waals surface area contributed by atoms with Gasteiger partial charge in [-0.15, -0.1) is 0 Å². The van der Waals surface area contributed by atoms with Crippen LogP contribution in [0.2, 0.25) is 5.02 Å². The van der Waals surface area contributed by atoms with Gasteiger partial charge in [0, 0.05) is 10.6 Å². The van der Waals surface area contributed by atoms with E-state index in [0.717, 1.165) is 0 Å². The van der Waals surface area contributed by atoms with Crippen LogP contribution in [-0.2, 0) is 14.3 Å². The molecule has 0 bridgehead atoms. The van der Waals surface area contributed by atoms with Crippen molar-refractivity contribution in [3.63, 3.8) is 0 Å². The smallest absolute Gasteiger partial charge is 0.299 e. The zero-order valence-electron chi connectivity index (χ0n) is 12.6. The number of halogens is 1. The number of hydrogen-bond donors (Lipinski definition) is 0. The Bertz CT molecular complexity index is 758. The molecule has 7 heteroatoms. The molecule has 0 aromatic heterocycles. The Morgan fingerprint density at radius 3 is 2.70 bits per heavy atom. The molecule has 0 saturated heterocycles. The van der Waals surface area contributed by atoms with E-state index in [-0.39, 0.29) is 23.5 Å². The van der Waals surface area contributed by atoms with Crippen LogP contribution in [0.3, 0.4) is 0 Å². The van der Waals surface area contributed by atoms with Gasteiger partial charge in [-0.2, -0.15) is 0 Å². The van der Waals surface area contributed by atoms with E-state index in [0.29, 0.717) is 27.6 Å². The van der Waals surface area contributed by atoms with Crippen molar-refractivity contribution >= 4 is 45.9 Å². The zero-order valence-corrected chi connectivity index (χ0v) is 14.2. The molecule has 1 unspecified atom stereocenters. The number of anilines is 1. The summed E-state index contributed by atoms with van der Waals surface area (Å²) in [6.07, 6.45) is 0. The largest absolute Gasteiger partial charge is 0.494 e. The number of carbonyl (C=O) groups excluding carboxylic acids is 3. The maximum absolute atomic E-state index is 12.1. The number of fused-ring (bicyclic) bond motifs is 1. The van der Waals surface area contributed by atoms with Crippen molar-refractivity contribution in [2.24, 2.45) is 0 Å². The Morgan fingerprint density at radius 1 is 1.30 bits per heavy atom. The number of benzene rings is 1. The van der Waals surface area contributed by atoms with Crippen molar-refractivity contribution in [3.05, 3.63) is 40.1 Å². The van der Waals surface area contributed by atoms with Crippen molar-refractivity contribution < 1.29 is 19.1 Å². The van der Waals surface area contributed by atoms with Gasteiger partial charge >= 0.3 is 0 Å². The van der Waals surface area contributed by atoms with E-state index in [1.54, 1.807) is 19.1 Å². The van der Waals surface area contributed by atoms with Crippen LogP contribution in [0.5, 0.6) is 0 Å². The zero-order chi connectivity index (χ0) is 16.7.